The number of ether oxygens (including phenoxy) is 1. The van der Waals surface area contributed by atoms with Crippen LogP contribution in [-0.4, -0.2) is 6.61 Å². The molecule has 0 fully saturated rings. The summed E-state index contributed by atoms with van der Waals surface area (Å²) in [5.41, 5.74) is 0.732. The molecule has 0 atom stereocenters. The Morgan fingerprint density at radius 3 is 2.35 bits per heavy atom. The van der Waals surface area contributed by atoms with E-state index in [0.29, 0.717) is 12.2 Å². The van der Waals surface area contributed by atoms with Crippen LogP contribution in [0.4, 0.5) is 8.78 Å². The maximum atomic E-state index is 13.6. The Morgan fingerprint density at radius 2 is 1.70 bits per heavy atom. The van der Waals surface area contributed by atoms with E-state index in [1.54, 1.807) is 24.3 Å². The molecule has 2 rings (SSSR count). The first-order valence-electron chi connectivity index (χ1n) is 6.00. The van der Waals surface area contributed by atoms with Gasteiger partial charge in [0, 0.05) is 5.56 Å². The summed E-state index contributed by atoms with van der Waals surface area (Å²) < 4.78 is 32.3. The van der Waals surface area contributed by atoms with Crippen LogP contribution in [0.15, 0.2) is 40.9 Å². The zero-order valence-corrected chi connectivity index (χ0v) is 12.3. The van der Waals surface area contributed by atoms with Gasteiger partial charge in [0.2, 0.25) is 0 Å². The van der Waals surface area contributed by atoms with Crippen LogP contribution in [0.3, 0.4) is 0 Å². The maximum absolute atomic E-state index is 13.6. The molecular formula is C16H11BrF2O. The lowest BCUT2D eigenvalue weighted by atomic mass is 10.1. The molecule has 0 saturated heterocycles. The molecule has 0 heterocycles. The molecule has 0 radical (unpaired) electrons. The van der Waals surface area contributed by atoms with Crippen molar-refractivity contribution in [2.75, 3.05) is 6.61 Å². The molecule has 0 amide bonds. The van der Waals surface area contributed by atoms with Gasteiger partial charge in [-0.25, -0.2) is 8.78 Å². The highest BCUT2D eigenvalue weighted by Gasteiger charge is 2.09. The molecule has 0 N–H and O–H groups in total. The van der Waals surface area contributed by atoms with Gasteiger partial charge in [-0.3, -0.25) is 0 Å². The fraction of sp³-hybridized carbons (Fsp3) is 0.125. The van der Waals surface area contributed by atoms with E-state index >= 15 is 0 Å². The lowest BCUT2D eigenvalue weighted by Gasteiger charge is -2.01. The standard InChI is InChI=1S/C16H11BrF2O/c1-2-20-13-8-4-11(5-9-13)3-6-12-7-10-14(17)16(19)15(12)18/h4-5,7-10H,2H2,1H3. The first kappa shape index (κ1) is 14.5. The number of rotatable bonds is 2. The Balaban J connectivity index is 2.24. The van der Waals surface area contributed by atoms with Crippen molar-refractivity contribution in [3.63, 3.8) is 0 Å². The molecule has 0 aromatic heterocycles. The zero-order valence-electron chi connectivity index (χ0n) is 10.7. The van der Waals surface area contributed by atoms with E-state index in [-0.39, 0.29) is 10.0 Å². The van der Waals surface area contributed by atoms with Crippen LogP contribution < -0.4 is 4.74 Å². The molecule has 0 aliphatic carbocycles. The van der Waals surface area contributed by atoms with E-state index in [9.17, 15) is 8.78 Å². The third kappa shape index (κ3) is 3.37. The van der Waals surface area contributed by atoms with Crippen LogP contribution in [0.5, 0.6) is 5.75 Å². The molecule has 0 bridgehead atoms. The SMILES string of the molecule is CCOc1ccc(C#Cc2ccc(Br)c(F)c2F)cc1. The third-order valence-electron chi connectivity index (χ3n) is 2.54. The number of benzene rings is 2. The molecule has 102 valence electrons. The van der Waals surface area contributed by atoms with Crippen molar-refractivity contribution in [2.45, 2.75) is 6.92 Å². The van der Waals surface area contributed by atoms with E-state index < -0.39 is 11.6 Å². The predicted molar refractivity (Wildman–Crippen MR) is 77.6 cm³/mol. The van der Waals surface area contributed by atoms with Crippen molar-refractivity contribution in [2.24, 2.45) is 0 Å². The van der Waals surface area contributed by atoms with Crippen LogP contribution >= 0.6 is 15.9 Å². The van der Waals surface area contributed by atoms with Gasteiger partial charge in [-0.1, -0.05) is 11.8 Å². The molecule has 0 spiro atoms. The summed E-state index contributed by atoms with van der Waals surface area (Å²) in [6, 6.07) is 9.97. The summed E-state index contributed by atoms with van der Waals surface area (Å²) in [5.74, 6) is 4.29. The molecule has 0 saturated carbocycles. The van der Waals surface area contributed by atoms with Gasteiger partial charge in [0.05, 0.1) is 16.6 Å². The lowest BCUT2D eigenvalue weighted by Crippen LogP contribution is -1.91. The van der Waals surface area contributed by atoms with Crippen LogP contribution in [0, 0.1) is 23.5 Å². The lowest BCUT2D eigenvalue weighted by molar-refractivity contribution is 0.340. The van der Waals surface area contributed by atoms with Crippen molar-refractivity contribution in [1.82, 2.24) is 0 Å². The number of hydrogen-bond donors (Lipinski definition) is 0. The van der Waals surface area contributed by atoms with Crippen molar-refractivity contribution < 1.29 is 13.5 Å². The first-order chi connectivity index (χ1) is 9.61. The first-order valence-corrected chi connectivity index (χ1v) is 6.79. The van der Waals surface area contributed by atoms with Crippen LogP contribution in [0.1, 0.15) is 18.1 Å². The maximum Gasteiger partial charge on any atom is 0.175 e. The van der Waals surface area contributed by atoms with Gasteiger partial charge in [0.15, 0.2) is 11.6 Å². The van der Waals surface area contributed by atoms with Gasteiger partial charge in [0.25, 0.3) is 0 Å². The fourth-order valence-corrected chi connectivity index (χ4v) is 1.87. The summed E-state index contributed by atoms with van der Waals surface area (Å²) in [4.78, 5) is 0. The Bertz CT molecular complexity index is 669. The second-order valence-electron chi connectivity index (χ2n) is 3.93. The largest absolute Gasteiger partial charge is 0.494 e. The molecule has 20 heavy (non-hydrogen) atoms. The summed E-state index contributed by atoms with van der Waals surface area (Å²) >= 11 is 2.92. The van der Waals surface area contributed by atoms with Crippen LogP contribution in [0.2, 0.25) is 0 Å². The molecule has 1 nitrogen and oxygen atoms in total. The number of halogens is 3. The highest BCUT2D eigenvalue weighted by atomic mass is 79.9. The molecule has 4 heteroatoms. The van der Waals surface area contributed by atoms with Crippen molar-refractivity contribution in [1.29, 1.82) is 0 Å². The summed E-state index contributed by atoms with van der Waals surface area (Å²) in [6.07, 6.45) is 0. The number of hydrogen-bond acceptors (Lipinski definition) is 1. The van der Waals surface area contributed by atoms with Gasteiger partial charge >= 0.3 is 0 Å². The average Bonchev–Trinajstić information content (AvgIpc) is 2.46. The smallest absolute Gasteiger partial charge is 0.175 e. The minimum atomic E-state index is -0.946. The van der Waals surface area contributed by atoms with Gasteiger partial charge in [-0.2, -0.15) is 0 Å². The summed E-state index contributed by atoms with van der Waals surface area (Å²) in [5, 5.41) is 0. The van der Waals surface area contributed by atoms with E-state index in [0.717, 1.165) is 5.75 Å². The third-order valence-corrected chi connectivity index (χ3v) is 3.15. The monoisotopic (exact) mass is 336 g/mol. The van der Waals surface area contributed by atoms with Gasteiger partial charge in [-0.15, -0.1) is 0 Å². The minimum Gasteiger partial charge on any atom is -0.494 e. The molecular weight excluding hydrogens is 326 g/mol. The topological polar surface area (TPSA) is 9.23 Å². The molecule has 2 aromatic carbocycles. The Kier molecular flexibility index (Phi) is 4.75. The second-order valence-corrected chi connectivity index (χ2v) is 4.78. The van der Waals surface area contributed by atoms with Crippen molar-refractivity contribution in [3.05, 3.63) is 63.6 Å². The second kappa shape index (κ2) is 6.53. The van der Waals surface area contributed by atoms with E-state index in [1.165, 1.54) is 12.1 Å². The van der Waals surface area contributed by atoms with E-state index in [1.807, 2.05) is 6.92 Å². The molecule has 0 unspecified atom stereocenters. The van der Waals surface area contributed by atoms with Crippen LogP contribution in [0.25, 0.3) is 0 Å². The highest BCUT2D eigenvalue weighted by Crippen LogP contribution is 2.20. The zero-order chi connectivity index (χ0) is 14.5. The quantitative estimate of drug-likeness (QED) is 0.578. The molecule has 0 aliphatic rings. The Labute approximate surface area is 124 Å². The van der Waals surface area contributed by atoms with Crippen molar-refractivity contribution in [3.8, 4) is 17.6 Å². The molecule has 2 aromatic rings. The fourth-order valence-electron chi connectivity index (χ4n) is 1.56. The van der Waals surface area contributed by atoms with Gasteiger partial charge in [0.1, 0.15) is 5.75 Å². The van der Waals surface area contributed by atoms with Gasteiger partial charge < -0.3 is 4.74 Å². The van der Waals surface area contributed by atoms with Gasteiger partial charge in [-0.05, 0) is 59.3 Å². The minimum absolute atomic E-state index is 0.0274. The van der Waals surface area contributed by atoms with E-state index in [2.05, 4.69) is 27.8 Å². The Hall–Kier alpha value is -1.86. The van der Waals surface area contributed by atoms with Crippen molar-refractivity contribution >= 4 is 15.9 Å². The van der Waals surface area contributed by atoms with E-state index in [4.69, 9.17) is 4.74 Å². The van der Waals surface area contributed by atoms with Crippen LogP contribution in [-0.2, 0) is 0 Å². The highest BCUT2D eigenvalue weighted by molar-refractivity contribution is 9.10. The predicted octanol–water partition coefficient (Wildman–Crippen LogP) is 4.53. The normalized spacial score (nSPS) is 9.80. The molecule has 0 aliphatic heterocycles. The summed E-state index contributed by atoms with van der Waals surface area (Å²) in [6.45, 7) is 2.49. The summed E-state index contributed by atoms with van der Waals surface area (Å²) in [7, 11) is 0. The average molecular weight is 337 g/mol. The Morgan fingerprint density at radius 1 is 1.00 bits per heavy atom.